The minimum Gasteiger partial charge on any atom is -0.495 e. The molecule has 1 aromatic rings. The van der Waals surface area contributed by atoms with Crippen molar-refractivity contribution in [2.24, 2.45) is 11.0 Å². The number of rotatable bonds is 5. The first kappa shape index (κ1) is 14.8. The van der Waals surface area contributed by atoms with E-state index in [0.717, 1.165) is 5.71 Å². The molecule has 3 amide bonds. The summed E-state index contributed by atoms with van der Waals surface area (Å²) in [6.07, 6.45) is 0.514. The number of methoxy groups -OCH3 is 1. The van der Waals surface area contributed by atoms with E-state index in [1.165, 1.54) is 0 Å². The maximum Gasteiger partial charge on any atom is 0.319 e. The lowest BCUT2D eigenvalue weighted by atomic mass is 10.0. The molecule has 2 rings (SSSR count). The average Bonchev–Trinajstić information content (AvgIpc) is 2.79. The predicted molar refractivity (Wildman–Crippen MR) is 79.4 cm³/mol. The number of hydrazone groups is 1. The molecule has 1 atom stereocenters. The number of carbonyl (C=O) groups is 2. The number of benzene rings is 1. The second-order valence-corrected chi connectivity index (χ2v) is 4.65. The number of amides is 3. The molecule has 112 valence electrons. The number of carbonyl (C=O) groups excluding carboxylic acids is 2. The lowest BCUT2D eigenvalue weighted by Gasteiger charge is -2.12. The van der Waals surface area contributed by atoms with E-state index in [-0.39, 0.29) is 17.9 Å². The van der Waals surface area contributed by atoms with E-state index in [1.807, 2.05) is 6.07 Å². The Morgan fingerprint density at radius 1 is 1.43 bits per heavy atom. The van der Waals surface area contributed by atoms with Gasteiger partial charge in [0.25, 0.3) is 0 Å². The zero-order valence-electron chi connectivity index (χ0n) is 12.0. The zero-order chi connectivity index (χ0) is 15.2. The minimum absolute atomic E-state index is 0.126. The predicted octanol–water partition coefficient (Wildman–Crippen LogP) is 1.33. The van der Waals surface area contributed by atoms with Gasteiger partial charge in [0.05, 0.1) is 18.7 Å². The molecule has 1 aliphatic rings. The molecule has 1 aliphatic heterocycles. The van der Waals surface area contributed by atoms with Crippen LogP contribution >= 0.6 is 0 Å². The molecule has 3 N–H and O–H groups in total. The molecule has 0 saturated carbocycles. The Kier molecular flexibility index (Phi) is 4.76. The largest absolute Gasteiger partial charge is 0.495 e. The SMILES string of the molecule is COc1ccccc1NC(=O)NCC[C@@H]1C(=O)NN=C1C. The third kappa shape index (κ3) is 3.71. The molecule has 0 aliphatic carbocycles. The van der Waals surface area contributed by atoms with E-state index in [9.17, 15) is 9.59 Å². The number of hydrogen-bond acceptors (Lipinski definition) is 4. The van der Waals surface area contributed by atoms with Gasteiger partial charge < -0.3 is 15.4 Å². The smallest absolute Gasteiger partial charge is 0.319 e. The van der Waals surface area contributed by atoms with Gasteiger partial charge in [0.1, 0.15) is 5.75 Å². The van der Waals surface area contributed by atoms with Crippen molar-refractivity contribution in [2.45, 2.75) is 13.3 Å². The number of ether oxygens (including phenoxy) is 1. The molecule has 0 bridgehead atoms. The second-order valence-electron chi connectivity index (χ2n) is 4.65. The number of urea groups is 1. The van der Waals surface area contributed by atoms with Crippen molar-refractivity contribution in [3.8, 4) is 5.75 Å². The van der Waals surface area contributed by atoms with E-state index in [0.29, 0.717) is 24.4 Å². The topological polar surface area (TPSA) is 91.8 Å². The van der Waals surface area contributed by atoms with Crippen LogP contribution in [0.4, 0.5) is 10.5 Å². The van der Waals surface area contributed by atoms with Crippen molar-refractivity contribution < 1.29 is 14.3 Å². The first-order chi connectivity index (χ1) is 10.1. The van der Waals surface area contributed by atoms with Gasteiger partial charge in [-0.1, -0.05) is 12.1 Å². The van der Waals surface area contributed by atoms with E-state index in [1.54, 1.807) is 32.2 Å². The van der Waals surface area contributed by atoms with Gasteiger partial charge in [-0.15, -0.1) is 0 Å². The Morgan fingerprint density at radius 3 is 2.86 bits per heavy atom. The van der Waals surface area contributed by atoms with Crippen LogP contribution in [0, 0.1) is 5.92 Å². The molecule has 0 unspecified atom stereocenters. The zero-order valence-corrected chi connectivity index (χ0v) is 12.0. The first-order valence-corrected chi connectivity index (χ1v) is 6.63. The third-order valence-corrected chi connectivity index (χ3v) is 3.24. The van der Waals surface area contributed by atoms with Gasteiger partial charge in [-0.05, 0) is 25.5 Å². The third-order valence-electron chi connectivity index (χ3n) is 3.24. The summed E-state index contributed by atoms with van der Waals surface area (Å²) in [4.78, 5) is 23.3. The molecule has 0 fully saturated rings. The van der Waals surface area contributed by atoms with Gasteiger partial charge in [-0.3, -0.25) is 4.79 Å². The number of nitrogens with zero attached hydrogens (tertiary/aromatic N) is 1. The van der Waals surface area contributed by atoms with Crippen LogP contribution in [0.3, 0.4) is 0 Å². The fraction of sp³-hybridized carbons (Fsp3) is 0.357. The molecule has 0 radical (unpaired) electrons. The highest BCUT2D eigenvalue weighted by molar-refractivity contribution is 6.06. The molecule has 0 aromatic heterocycles. The summed E-state index contributed by atoms with van der Waals surface area (Å²) in [7, 11) is 1.54. The van der Waals surface area contributed by atoms with E-state index < -0.39 is 0 Å². The lowest BCUT2D eigenvalue weighted by molar-refractivity contribution is -0.122. The fourth-order valence-corrected chi connectivity index (χ4v) is 2.07. The summed E-state index contributed by atoms with van der Waals surface area (Å²) in [6, 6.07) is 6.80. The second kappa shape index (κ2) is 6.74. The summed E-state index contributed by atoms with van der Waals surface area (Å²) in [5.74, 6) is 0.196. The summed E-state index contributed by atoms with van der Waals surface area (Å²) in [6.45, 7) is 2.17. The van der Waals surface area contributed by atoms with Crippen molar-refractivity contribution in [3.63, 3.8) is 0 Å². The number of hydrogen-bond donors (Lipinski definition) is 3. The molecule has 7 nitrogen and oxygen atoms in total. The summed E-state index contributed by atoms with van der Waals surface area (Å²) >= 11 is 0. The van der Waals surface area contributed by atoms with E-state index >= 15 is 0 Å². The average molecular weight is 290 g/mol. The van der Waals surface area contributed by atoms with E-state index in [2.05, 4.69) is 21.2 Å². The quantitative estimate of drug-likeness (QED) is 0.764. The number of anilines is 1. The van der Waals surface area contributed by atoms with Crippen molar-refractivity contribution in [2.75, 3.05) is 19.0 Å². The van der Waals surface area contributed by atoms with Crippen LogP contribution in [0.25, 0.3) is 0 Å². The molecule has 0 spiro atoms. The van der Waals surface area contributed by atoms with Crippen LogP contribution < -0.4 is 20.8 Å². The molecule has 1 heterocycles. The monoisotopic (exact) mass is 290 g/mol. The highest BCUT2D eigenvalue weighted by atomic mass is 16.5. The Bertz CT molecular complexity index is 571. The van der Waals surface area contributed by atoms with Crippen LogP contribution in [0.1, 0.15) is 13.3 Å². The molecular formula is C14H18N4O3. The Morgan fingerprint density at radius 2 is 2.19 bits per heavy atom. The highest BCUT2D eigenvalue weighted by Crippen LogP contribution is 2.22. The maximum atomic E-state index is 11.8. The Balaban J connectivity index is 1.80. The van der Waals surface area contributed by atoms with Crippen LogP contribution in [-0.2, 0) is 4.79 Å². The lowest BCUT2D eigenvalue weighted by Crippen LogP contribution is -2.33. The highest BCUT2D eigenvalue weighted by Gasteiger charge is 2.26. The summed E-state index contributed by atoms with van der Waals surface area (Å²) in [5.41, 5.74) is 3.75. The molecule has 7 heteroatoms. The molecule has 1 aromatic carbocycles. The Labute approximate surface area is 122 Å². The number of para-hydroxylation sites is 2. The van der Waals surface area contributed by atoms with Crippen molar-refractivity contribution in [1.82, 2.24) is 10.7 Å². The van der Waals surface area contributed by atoms with Crippen LogP contribution in [0.2, 0.25) is 0 Å². The fourth-order valence-electron chi connectivity index (χ4n) is 2.07. The van der Waals surface area contributed by atoms with E-state index in [4.69, 9.17) is 4.74 Å². The summed E-state index contributed by atoms with van der Waals surface area (Å²) in [5, 5.41) is 9.27. The van der Waals surface area contributed by atoms with Crippen molar-refractivity contribution in [1.29, 1.82) is 0 Å². The van der Waals surface area contributed by atoms with Crippen molar-refractivity contribution in [3.05, 3.63) is 24.3 Å². The summed E-state index contributed by atoms with van der Waals surface area (Å²) < 4.78 is 5.15. The van der Waals surface area contributed by atoms with Crippen LogP contribution in [-0.4, -0.2) is 31.3 Å². The van der Waals surface area contributed by atoms with Gasteiger partial charge in [-0.25, -0.2) is 10.2 Å². The normalized spacial score (nSPS) is 17.0. The van der Waals surface area contributed by atoms with Gasteiger partial charge in [0, 0.05) is 12.3 Å². The van der Waals surface area contributed by atoms with Gasteiger partial charge in [0.2, 0.25) is 5.91 Å². The first-order valence-electron chi connectivity index (χ1n) is 6.63. The standard InChI is InChI=1S/C14H18N4O3/c1-9-10(13(19)18-17-9)7-8-15-14(20)16-11-5-3-4-6-12(11)21-2/h3-6,10H,7-8H2,1-2H3,(H,18,19)(H2,15,16,20)/t10-/m0/s1. The number of nitrogens with one attached hydrogen (secondary N) is 3. The van der Waals surface area contributed by atoms with Crippen LogP contribution in [0.5, 0.6) is 5.75 Å². The molecule has 0 saturated heterocycles. The Hall–Kier alpha value is -2.57. The minimum atomic E-state index is -0.340. The molecular weight excluding hydrogens is 272 g/mol. The maximum absolute atomic E-state index is 11.8. The van der Waals surface area contributed by atoms with Crippen molar-refractivity contribution >= 4 is 23.3 Å². The van der Waals surface area contributed by atoms with Gasteiger partial charge in [0.15, 0.2) is 0 Å². The van der Waals surface area contributed by atoms with Gasteiger partial charge >= 0.3 is 6.03 Å². The molecule has 21 heavy (non-hydrogen) atoms. The van der Waals surface area contributed by atoms with Gasteiger partial charge in [-0.2, -0.15) is 5.10 Å². The van der Waals surface area contributed by atoms with Crippen LogP contribution in [0.15, 0.2) is 29.4 Å².